The second kappa shape index (κ2) is 4.30. The average molecular weight is 201 g/mol. The van der Waals surface area contributed by atoms with Gasteiger partial charge in [0.05, 0.1) is 5.71 Å². The molecule has 0 heterocycles. The molecule has 0 saturated heterocycles. The molecule has 0 fully saturated rings. The SMILES string of the molecule is C=CCO/N=C(/C)[C@@H]1Cc2ccccc21. The molecule has 0 radical (unpaired) electrons. The Morgan fingerprint density at radius 3 is 3.13 bits per heavy atom. The van der Waals surface area contributed by atoms with Crippen LogP contribution in [0.3, 0.4) is 0 Å². The van der Waals surface area contributed by atoms with Crippen LogP contribution in [0.15, 0.2) is 42.1 Å². The van der Waals surface area contributed by atoms with Crippen LogP contribution in [0, 0.1) is 0 Å². The third-order valence-electron chi connectivity index (χ3n) is 2.76. The van der Waals surface area contributed by atoms with Crippen LogP contribution in [-0.4, -0.2) is 12.3 Å². The van der Waals surface area contributed by atoms with Gasteiger partial charge in [0.25, 0.3) is 0 Å². The number of hydrogen-bond acceptors (Lipinski definition) is 2. The zero-order valence-electron chi connectivity index (χ0n) is 8.94. The Bertz CT molecular complexity index is 395. The molecule has 1 aromatic rings. The highest BCUT2D eigenvalue weighted by Gasteiger charge is 2.27. The van der Waals surface area contributed by atoms with Crippen LogP contribution in [0.5, 0.6) is 0 Å². The summed E-state index contributed by atoms with van der Waals surface area (Å²) in [6.45, 7) is 6.07. The highest BCUT2D eigenvalue weighted by atomic mass is 16.6. The summed E-state index contributed by atoms with van der Waals surface area (Å²) in [4.78, 5) is 5.09. The summed E-state index contributed by atoms with van der Waals surface area (Å²) >= 11 is 0. The largest absolute Gasteiger partial charge is 0.392 e. The van der Waals surface area contributed by atoms with Gasteiger partial charge in [-0.1, -0.05) is 42.1 Å². The van der Waals surface area contributed by atoms with Gasteiger partial charge in [0.15, 0.2) is 0 Å². The molecule has 0 aromatic heterocycles. The maximum atomic E-state index is 5.09. The van der Waals surface area contributed by atoms with Gasteiger partial charge in [0, 0.05) is 5.92 Å². The lowest BCUT2D eigenvalue weighted by atomic mass is 9.75. The van der Waals surface area contributed by atoms with Crippen LogP contribution in [-0.2, 0) is 11.3 Å². The van der Waals surface area contributed by atoms with Crippen LogP contribution >= 0.6 is 0 Å². The standard InChI is InChI=1S/C13H15NO/c1-3-8-15-14-10(2)13-9-11-6-4-5-7-12(11)13/h3-7,13H,1,8-9H2,2H3/b14-10-/t13-/m0/s1. The minimum absolute atomic E-state index is 0.450. The summed E-state index contributed by atoms with van der Waals surface area (Å²) in [5, 5.41) is 4.08. The van der Waals surface area contributed by atoms with Gasteiger partial charge in [0.1, 0.15) is 6.61 Å². The van der Waals surface area contributed by atoms with Crippen molar-refractivity contribution in [1.29, 1.82) is 0 Å². The fraction of sp³-hybridized carbons (Fsp3) is 0.308. The van der Waals surface area contributed by atoms with Crippen molar-refractivity contribution in [3.05, 3.63) is 48.0 Å². The Kier molecular flexibility index (Phi) is 2.86. The van der Waals surface area contributed by atoms with Crippen molar-refractivity contribution in [2.75, 3.05) is 6.61 Å². The van der Waals surface area contributed by atoms with Crippen LogP contribution in [0.4, 0.5) is 0 Å². The van der Waals surface area contributed by atoms with E-state index in [1.165, 1.54) is 11.1 Å². The van der Waals surface area contributed by atoms with Crippen LogP contribution < -0.4 is 0 Å². The third-order valence-corrected chi connectivity index (χ3v) is 2.76. The van der Waals surface area contributed by atoms with E-state index in [4.69, 9.17) is 4.84 Å². The number of nitrogens with zero attached hydrogens (tertiary/aromatic N) is 1. The highest BCUT2D eigenvalue weighted by Crippen LogP contribution is 2.35. The molecule has 1 aliphatic rings. The van der Waals surface area contributed by atoms with E-state index in [0.717, 1.165) is 12.1 Å². The molecule has 2 rings (SSSR count). The van der Waals surface area contributed by atoms with E-state index in [2.05, 4.69) is 36.0 Å². The maximum Gasteiger partial charge on any atom is 0.135 e. The van der Waals surface area contributed by atoms with Crippen LogP contribution in [0.1, 0.15) is 24.0 Å². The lowest BCUT2D eigenvalue weighted by Gasteiger charge is -2.29. The van der Waals surface area contributed by atoms with Crippen molar-refractivity contribution in [3.63, 3.8) is 0 Å². The van der Waals surface area contributed by atoms with E-state index < -0.39 is 0 Å². The van der Waals surface area contributed by atoms with E-state index >= 15 is 0 Å². The molecule has 2 heteroatoms. The molecule has 0 aliphatic heterocycles. The van der Waals surface area contributed by atoms with Crippen molar-refractivity contribution in [1.82, 2.24) is 0 Å². The molecule has 0 unspecified atom stereocenters. The van der Waals surface area contributed by atoms with E-state index in [9.17, 15) is 0 Å². The first kappa shape index (κ1) is 9.97. The molecule has 1 aromatic carbocycles. The van der Waals surface area contributed by atoms with E-state index in [1.54, 1.807) is 6.08 Å². The molecule has 2 nitrogen and oxygen atoms in total. The number of fused-ring (bicyclic) bond motifs is 1. The van der Waals surface area contributed by atoms with Crippen molar-refractivity contribution >= 4 is 5.71 Å². The van der Waals surface area contributed by atoms with E-state index in [1.807, 2.05) is 6.92 Å². The number of oxime groups is 1. The summed E-state index contributed by atoms with van der Waals surface area (Å²) in [6.07, 6.45) is 2.79. The molecule has 0 spiro atoms. The Hall–Kier alpha value is -1.57. The van der Waals surface area contributed by atoms with Crippen molar-refractivity contribution in [3.8, 4) is 0 Å². The minimum Gasteiger partial charge on any atom is -0.392 e. The fourth-order valence-electron chi connectivity index (χ4n) is 1.89. The van der Waals surface area contributed by atoms with Gasteiger partial charge in [-0.05, 0) is 24.5 Å². The molecule has 0 amide bonds. The predicted molar refractivity (Wildman–Crippen MR) is 62.1 cm³/mol. The minimum atomic E-state index is 0.450. The van der Waals surface area contributed by atoms with Gasteiger partial charge in [-0.3, -0.25) is 0 Å². The second-order valence-corrected chi connectivity index (χ2v) is 3.77. The summed E-state index contributed by atoms with van der Waals surface area (Å²) in [7, 11) is 0. The van der Waals surface area contributed by atoms with Crippen molar-refractivity contribution < 1.29 is 4.84 Å². The first-order chi connectivity index (χ1) is 7.33. The predicted octanol–water partition coefficient (Wildman–Crippen LogP) is 2.90. The Morgan fingerprint density at radius 1 is 1.60 bits per heavy atom. The van der Waals surface area contributed by atoms with Gasteiger partial charge in [-0.25, -0.2) is 0 Å². The maximum absolute atomic E-state index is 5.09. The fourth-order valence-corrected chi connectivity index (χ4v) is 1.89. The second-order valence-electron chi connectivity index (χ2n) is 3.77. The molecule has 0 bridgehead atoms. The Morgan fingerprint density at radius 2 is 2.40 bits per heavy atom. The zero-order chi connectivity index (χ0) is 10.7. The van der Waals surface area contributed by atoms with Crippen LogP contribution in [0.2, 0.25) is 0 Å². The quantitative estimate of drug-likeness (QED) is 0.318. The monoisotopic (exact) mass is 201 g/mol. The molecule has 1 aliphatic carbocycles. The number of hydrogen-bond donors (Lipinski definition) is 0. The topological polar surface area (TPSA) is 21.6 Å². The van der Waals surface area contributed by atoms with Crippen molar-refractivity contribution in [2.45, 2.75) is 19.3 Å². The zero-order valence-corrected chi connectivity index (χ0v) is 8.94. The number of rotatable bonds is 4. The first-order valence-corrected chi connectivity index (χ1v) is 5.18. The van der Waals surface area contributed by atoms with E-state index in [0.29, 0.717) is 12.5 Å². The molecule has 0 N–H and O–H groups in total. The molecule has 1 atom stereocenters. The summed E-state index contributed by atoms with van der Waals surface area (Å²) in [5.41, 5.74) is 3.87. The summed E-state index contributed by atoms with van der Waals surface area (Å²) in [6, 6.07) is 8.48. The molecular formula is C13H15NO. The lowest BCUT2D eigenvalue weighted by Crippen LogP contribution is -2.23. The molecule has 0 saturated carbocycles. The lowest BCUT2D eigenvalue weighted by molar-refractivity contribution is 0.173. The van der Waals surface area contributed by atoms with Gasteiger partial charge in [-0.15, -0.1) is 0 Å². The molecule has 78 valence electrons. The Labute approximate surface area is 90.3 Å². The summed E-state index contributed by atoms with van der Waals surface area (Å²) in [5.74, 6) is 0.450. The van der Waals surface area contributed by atoms with Crippen molar-refractivity contribution in [2.24, 2.45) is 5.16 Å². The van der Waals surface area contributed by atoms with Gasteiger partial charge >= 0.3 is 0 Å². The normalized spacial score (nSPS) is 19.0. The summed E-state index contributed by atoms with van der Waals surface area (Å²) < 4.78 is 0. The smallest absolute Gasteiger partial charge is 0.135 e. The van der Waals surface area contributed by atoms with Crippen LogP contribution in [0.25, 0.3) is 0 Å². The van der Waals surface area contributed by atoms with E-state index in [-0.39, 0.29) is 0 Å². The van der Waals surface area contributed by atoms with Gasteiger partial charge in [0.2, 0.25) is 0 Å². The Balaban J connectivity index is 2.03. The number of benzene rings is 1. The first-order valence-electron chi connectivity index (χ1n) is 5.18. The molecule has 15 heavy (non-hydrogen) atoms. The van der Waals surface area contributed by atoms with Gasteiger partial charge in [-0.2, -0.15) is 0 Å². The van der Waals surface area contributed by atoms with Gasteiger partial charge < -0.3 is 4.84 Å². The highest BCUT2D eigenvalue weighted by molar-refractivity contribution is 5.91. The third kappa shape index (κ3) is 1.94. The average Bonchev–Trinajstić information content (AvgIpc) is 2.20. The molecular weight excluding hydrogens is 186 g/mol.